The molecule has 0 radical (unpaired) electrons. The lowest BCUT2D eigenvalue weighted by atomic mass is 10.1. The fourth-order valence-corrected chi connectivity index (χ4v) is 4.13. The summed E-state index contributed by atoms with van der Waals surface area (Å²) in [5, 5.41) is 3.58. The molecule has 0 heterocycles. The number of carbonyl (C=O) groups excluding carboxylic acids is 2. The van der Waals surface area contributed by atoms with E-state index in [2.05, 4.69) is 19.2 Å². The van der Waals surface area contributed by atoms with Gasteiger partial charge in [0.25, 0.3) is 0 Å². The summed E-state index contributed by atoms with van der Waals surface area (Å²) in [4.78, 5) is 28.8. The molecule has 0 aliphatic heterocycles. The van der Waals surface area contributed by atoms with Gasteiger partial charge in [0.05, 0.1) is 0 Å². The van der Waals surface area contributed by atoms with Crippen LogP contribution in [0.3, 0.4) is 0 Å². The molecule has 0 bridgehead atoms. The second-order valence-corrected chi connectivity index (χ2v) is 9.16. The van der Waals surface area contributed by atoms with Gasteiger partial charge in [-0.3, -0.25) is 9.59 Å². The van der Waals surface area contributed by atoms with Gasteiger partial charge in [0.1, 0.15) is 6.04 Å². The maximum Gasteiger partial charge on any atom is 0.242 e. The van der Waals surface area contributed by atoms with Gasteiger partial charge in [-0.1, -0.05) is 68.8 Å². The van der Waals surface area contributed by atoms with Gasteiger partial charge in [0.2, 0.25) is 11.8 Å². The molecule has 0 spiro atoms. The summed E-state index contributed by atoms with van der Waals surface area (Å²) < 4.78 is 0. The quantitative estimate of drug-likeness (QED) is 0.470. The Bertz CT molecular complexity index is 814. The van der Waals surface area contributed by atoms with Gasteiger partial charge in [0, 0.05) is 35.2 Å². The predicted octanol–water partition coefficient (Wildman–Crippen LogP) is 5.40. The Morgan fingerprint density at radius 1 is 1.07 bits per heavy atom. The SMILES string of the molecule is CCC(C(=O)NCC(C)C)N(Cc1ccccc1Cl)C(=O)CCSc1ccccc1. The number of hydrogen-bond donors (Lipinski definition) is 1. The first-order valence-electron chi connectivity index (χ1n) is 10.4. The van der Waals surface area contributed by atoms with Gasteiger partial charge in [-0.2, -0.15) is 0 Å². The van der Waals surface area contributed by atoms with E-state index >= 15 is 0 Å². The highest BCUT2D eigenvalue weighted by Gasteiger charge is 2.28. The second kappa shape index (κ2) is 12.7. The molecule has 0 saturated heterocycles. The predicted molar refractivity (Wildman–Crippen MR) is 126 cm³/mol. The van der Waals surface area contributed by atoms with Crippen LogP contribution in [0.2, 0.25) is 5.02 Å². The summed E-state index contributed by atoms with van der Waals surface area (Å²) in [6.07, 6.45) is 0.907. The fraction of sp³-hybridized carbons (Fsp3) is 0.417. The van der Waals surface area contributed by atoms with Gasteiger partial charge in [0.15, 0.2) is 0 Å². The molecule has 1 atom stereocenters. The number of amides is 2. The highest BCUT2D eigenvalue weighted by Crippen LogP contribution is 2.22. The normalized spacial score (nSPS) is 11.9. The van der Waals surface area contributed by atoms with Gasteiger partial charge in [-0.05, 0) is 36.1 Å². The molecular weight excluding hydrogens is 416 g/mol. The molecule has 162 valence electrons. The molecule has 2 aromatic carbocycles. The number of rotatable bonds is 11. The lowest BCUT2D eigenvalue weighted by Gasteiger charge is -2.31. The van der Waals surface area contributed by atoms with Crippen LogP contribution >= 0.6 is 23.4 Å². The van der Waals surface area contributed by atoms with E-state index in [1.165, 1.54) is 0 Å². The van der Waals surface area contributed by atoms with Gasteiger partial charge < -0.3 is 10.2 Å². The Morgan fingerprint density at radius 3 is 2.37 bits per heavy atom. The number of halogens is 1. The number of benzene rings is 2. The Morgan fingerprint density at radius 2 is 1.73 bits per heavy atom. The molecule has 1 unspecified atom stereocenters. The van der Waals surface area contributed by atoms with Crippen LogP contribution in [0.4, 0.5) is 0 Å². The molecule has 0 aromatic heterocycles. The number of nitrogens with one attached hydrogen (secondary N) is 1. The zero-order chi connectivity index (χ0) is 21.9. The van der Waals surface area contributed by atoms with Crippen molar-refractivity contribution in [1.29, 1.82) is 0 Å². The first kappa shape index (κ1) is 24.3. The Hall–Kier alpha value is -1.98. The lowest BCUT2D eigenvalue weighted by molar-refractivity contribution is -0.141. The van der Waals surface area contributed by atoms with Crippen molar-refractivity contribution in [3.63, 3.8) is 0 Å². The second-order valence-electron chi connectivity index (χ2n) is 7.59. The number of hydrogen-bond acceptors (Lipinski definition) is 3. The van der Waals surface area contributed by atoms with Crippen LogP contribution in [0.1, 0.15) is 39.2 Å². The average molecular weight is 447 g/mol. The third kappa shape index (κ3) is 7.69. The molecule has 0 fully saturated rings. The molecule has 0 saturated carbocycles. The van der Waals surface area contributed by atoms with E-state index in [-0.39, 0.29) is 11.8 Å². The van der Waals surface area contributed by atoms with E-state index in [0.29, 0.717) is 42.6 Å². The molecular formula is C24H31ClN2O2S. The van der Waals surface area contributed by atoms with Gasteiger partial charge >= 0.3 is 0 Å². The fourth-order valence-electron chi connectivity index (χ4n) is 3.07. The van der Waals surface area contributed by atoms with Crippen LogP contribution < -0.4 is 5.32 Å². The van der Waals surface area contributed by atoms with Crippen molar-refractivity contribution in [2.45, 2.75) is 51.1 Å². The van der Waals surface area contributed by atoms with Crippen molar-refractivity contribution >= 4 is 35.2 Å². The Balaban J connectivity index is 2.13. The Kier molecular flexibility index (Phi) is 10.2. The smallest absolute Gasteiger partial charge is 0.242 e. The zero-order valence-corrected chi connectivity index (χ0v) is 19.5. The zero-order valence-electron chi connectivity index (χ0n) is 17.9. The summed E-state index contributed by atoms with van der Waals surface area (Å²) in [7, 11) is 0. The first-order chi connectivity index (χ1) is 14.4. The van der Waals surface area contributed by atoms with Crippen LogP contribution in [0, 0.1) is 5.92 Å². The van der Waals surface area contributed by atoms with Crippen molar-refractivity contribution in [2.75, 3.05) is 12.3 Å². The summed E-state index contributed by atoms with van der Waals surface area (Å²) in [6.45, 7) is 6.95. The highest BCUT2D eigenvalue weighted by atomic mass is 35.5. The third-order valence-electron chi connectivity index (χ3n) is 4.70. The molecule has 1 N–H and O–H groups in total. The topological polar surface area (TPSA) is 49.4 Å². The molecule has 2 aromatic rings. The first-order valence-corrected chi connectivity index (χ1v) is 11.8. The molecule has 0 aliphatic carbocycles. The van der Waals surface area contributed by atoms with Crippen molar-refractivity contribution in [1.82, 2.24) is 10.2 Å². The summed E-state index contributed by atoms with van der Waals surface area (Å²) in [6, 6.07) is 17.0. The maximum absolute atomic E-state index is 13.2. The monoisotopic (exact) mass is 446 g/mol. The van der Waals surface area contributed by atoms with E-state index in [9.17, 15) is 9.59 Å². The number of thioether (sulfide) groups is 1. The van der Waals surface area contributed by atoms with Crippen LogP contribution in [-0.2, 0) is 16.1 Å². The number of nitrogens with zero attached hydrogens (tertiary/aromatic N) is 1. The van der Waals surface area contributed by atoms with Crippen LogP contribution in [0.15, 0.2) is 59.5 Å². The average Bonchev–Trinajstić information content (AvgIpc) is 2.74. The largest absolute Gasteiger partial charge is 0.354 e. The molecule has 30 heavy (non-hydrogen) atoms. The molecule has 6 heteroatoms. The highest BCUT2D eigenvalue weighted by molar-refractivity contribution is 7.99. The van der Waals surface area contributed by atoms with E-state index in [1.54, 1.807) is 16.7 Å². The van der Waals surface area contributed by atoms with Crippen molar-refractivity contribution in [2.24, 2.45) is 5.92 Å². The standard InChI is InChI=1S/C24H31ClN2O2S/c1-4-22(24(29)26-16-18(2)3)27(17-19-10-8-9-13-21(19)25)23(28)14-15-30-20-11-6-5-7-12-20/h5-13,18,22H,4,14-17H2,1-3H3,(H,26,29). The Labute approximate surface area is 189 Å². The van der Waals surface area contributed by atoms with Crippen molar-refractivity contribution in [3.05, 3.63) is 65.2 Å². The minimum Gasteiger partial charge on any atom is -0.354 e. The summed E-state index contributed by atoms with van der Waals surface area (Å²) >= 11 is 7.99. The van der Waals surface area contributed by atoms with E-state index in [4.69, 9.17) is 11.6 Å². The summed E-state index contributed by atoms with van der Waals surface area (Å²) in [5.41, 5.74) is 0.846. The minimum atomic E-state index is -0.519. The van der Waals surface area contributed by atoms with E-state index in [1.807, 2.05) is 61.5 Å². The molecule has 4 nitrogen and oxygen atoms in total. The van der Waals surface area contributed by atoms with Crippen LogP contribution in [-0.4, -0.2) is 35.1 Å². The van der Waals surface area contributed by atoms with Crippen LogP contribution in [0.25, 0.3) is 0 Å². The molecule has 2 rings (SSSR count). The van der Waals surface area contributed by atoms with Crippen LogP contribution in [0.5, 0.6) is 0 Å². The number of carbonyl (C=O) groups is 2. The van der Waals surface area contributed by atoms with Gasteiger partial charge in [-0.25, -0.2) is 0 Å². The minimum absolute atomic E-state index is 0.0371. The van der Waals surface area contributed by atoms with Crippen molar-refractivity contribution in [3.8, 4) is 0 Å². The maximum atomic E-state index is 13.2. The molecule has 0 aliphatic rings. The van der Waals surface area contributed by atoms with Crippen molar-refractivity contribution < 1.29 is 9.59 Å². The van der Waals surface area contributed by atoms with Gasteiger partial charge in [-0.15, -0.1) is 11.8 Å². The third-order valence-corrected chi connectivity index (χ3v) is 6.08. The lowest BCUT2D eigenvalue weighted by Crippen LogP contribution is -2.49. The van der Waals surface area contributed by atoms with E-state index < -0.39 is 6.04 Å². The summed E-state index contributed by atoms with van der Waals surface area (Å²) in [5.74, 6) is 0.861. The molecule has 2 amide bonds. The van der Waals surface area contributed by atoms with E-state index in [0.717, 1.165) is 10.5 Å².